The van der Waals surface area contributed by atoms with Gasteiger partial charge in [0, 0.05) is 25.7 Å². The highest BCUT2D eigenvalue weighted by molar-refractivity contribution is 6.74. The lowest BCUT2D eigenvalue weighted by atomic mass is 9.87. The summed E-state index contributed by atoms with van der Waals surface area (Å²) in [4.78, 5) is 39.4. The number of ether oxygens (including phenoxy) is 4. The van der Waals surface area contributed by atoms with E-state index in [-0.39, 0.29) is 23.4 Å². The average molecular weight is 696 g/mol. The molecule has 13 heteroatoms. The highest BCUT2D eigenvalue weighted by Crippen LogP contribution is 2.61. The summed E-state index contributed by atoms with van der Waals surface area (Å²) in [6, 6.07) is 8.89. The first kappa shape index (κ1) is 37.0. The smallest absolute Gasteiger partial charge is 0.303 e. The van der Waals surface area contributed by atoms with Crippen molar-refractivity contribution in [1.29, 1.82) is 0 Å². The van der Waals surface area contributed by atoms with Crippen LogP contribution in [0, 0.1) is 0 Å². The molecule has 1 saturated heterocycles. The molecule has 1 aromatic carbocycles. The number of carbonyl (C=O) groups is 2. The van der Waals surface area contributed by atoms with Crippen LogP contribution in [0.1, 0.15) is 96.7 Å². The lowest BCUT2D eigenvalue weighted by molar-refractivity contribution is -0.206. The fraction of sp³-hybridized carbons (Fsp3) is 0.639. The molecule has 1 saturated carbocycles. The Labute approximate surface area is 290 Å². The number of imidazole rings is 1. The van der Waals surface area contributed by atoms with Crippen molar-refractivity contribution in [3.05, 3.63) is 48.5 Å². The van der Waals surface area contributed by atoms with Gasteiger partial charge in [-0.1, -0.05) is 65.7 Å². The summed E-state index contributed by atoms with van der Waals surface area (Å²) >= 11 is 0. The summed E-state index contributed by atoms with van der Waals surface area (Å²) < 4.78 is 35.6. The second-order valence-corrected chi connectivity index (χ2v) is 19.5. The molecule has 0 radical (unpaired) electrons. The Morgan fingerprint density at radius 3 is 2.37 bits per heavy atom. The van der Waals surface area contributed by atoms with Gasteiger partial charge in [0.2, 0.25) is 0 Å². The topological polar surface area (TPSA) is 136 Å². The van der Waals surface area contributed by atoms with Crippen molar-refractivity contribution in [1.82, 2.24) is 19.5 Å². The maximum absolute atomic E-state index is 13.1. The first-order valence-corrected chi connectivity index (χ1v) is 20.5. The molecule has 3 heterocycles. The van der Waals surface area contributed by atoms with E-state index in [0.717, 1.165) is 38.5 Å². The maximum Gasteiger partial charge on any atom is 0.303 e. The third-order valence-corrected chi connectivity index (χ3v) is 14.6. The molecule has 1 amide bonds. The van der Waals surface area contributed by atoms with Gasteiger partial charge in [-0.3, -0.25) is 14.2 Å². The molecule has 1 aliphatic carbocycles. The quantitative estimate of drug-likeness (QED) is 0.0965. The minimum absolute atomic E-state index is 0.0588. The number of carbonyl (C=O) groups excluding carboxylic acids is 2. The molecule has 0 spiro atoms. The van der Waals surface area contributed by atoms with E-state index in [1.807, 2.05) is 6.07 Å². The van der Waals surface area contributed by atoms with Crippen LogP contribution < -0.4 is 5.32 Å². The first-order chi connectivity index (χ1) is 23.3. The summed E-state index contributed by atoms with van der Waals surface area (Å²) in [7, 11) is -2.33. The van der Waals surface area contributed by atoms with Gasteiger partial charge in [0.1, 0.15) is 12.4 Å². The SMILES string of the molecule is CCCCOC[C@@]1(C2(O[Si](C)(C)C(C)(C)C)CC2)O[C@@H](n2cnc3c(NC(=O)c4ccccc4)ncnc32)[C@@H](OC(C)=O)C1OCCCC. The Hall–Kier alpha value is -3.23. The number of anilines is 1. The molecule has 1 aliphatic heterocycles. The van der Waals surface area contributed by atoms with E-state index in [4.69, 9.17) is 23.4 Å². The molecule has 1 N–H and O–H groups in total. The number of esters is 1. The second-order valence-electron chi connectivity index (χ2n) is 14.7. The van der Waals surface area contributed by atoms with Gasteiger partial charge in [0.15, 0.2) is 43.2 Å². The Kier molecular flexibility index (Phi) is 11.3. The minimum Gasteiger partial charge on any atom is -0.455 e. The number of rotatable bonds is 16. The van der Waals surface area contributed by atoms with E-state index in [2.05, 4.69) is 68.0 Å². The summed E-state index contributed by atoms with van der Waals surface area (Å²) in [6.07, 6.45) is 5.63. The van der Waals surface area contributed by atoms with E-state index >= 15 is 0 Å². The van der Waals surface area contributed by atoms with Crippen molar-refractivity contribution < 1.29 is 33.0 Å². The molecular formula is C36H53N5O7Si. The second kappa shape index (κ2) is 14.9. The normalized spacial score (nSPS) is 23.5. The number of unbranched alkanes of at least 4 members (excludes halogenated alkanes) is 2. The van der Waals surface area contributed by atoms with Crippen LogP contribution in [-0.4, -0.2) is 82.9 Å². The molecular weight excluding hydrogens is 643 g/mol. The lowest BCUT2D eigenvalue weighted by Gasteiger charge is -2.47. The lowest BCUT2D eigenvalue weighted by Crippen LogP contribution is -2.63. The van der Waals surface area contributed by atoms with Crippen molar-refractivity contribution in [2.45, 2.75) is 128 Å². The van der Waals surface area contributed by atoms with E-state index in [0.29, 0.717) is 29.9 Å². The van der Waals surface area contributed by atoms with E-state index in [9.17, 15) is 9.59 Å². The summed E-state index contributed by atoms with van der Waals surface area (Å²) in [5, 5.41) is 2.81. The first-order valence-electron chi connectivity index (χ1n) is 17.6. The van der Waals surface area contributed by atoms with Crippen LogP contribution in [-0.2, 0) is 28.2 Å². The minimum atomic E-state index is -2.33. The zero-order valence-corrected chi connectivity index (χ0v) is 31.3. The van der Waals surface area contributed by atoms with Crippen LogP contribution >= 0.6 is 0 Å². The number of nitrogens with zero attached hydrogens (tertiary/aromatic N) is 4. The van der Waals surface area contributed by atoms with Crippen molar-refractivity contribution >= 4 is 37.2 Å². The molecule has 2 aliphatic rings. The monoisotopic (exact) mass is 695 g/mol. The number of amides is 1. The maximum atomic E-state index is 13.1. The zero-order valence-electron chi connectivity index (χ0n) is 30.3. The van der Waals surface area contributed by atoms with Crippen molar-refractivity contribution in [3.8, 4) is 0 Å². The van der Waals surface area contributed by atoms with Gasteiger partial charge in [-0.15, -0.1) is 0 Å². The van der Waals surface area contributed by atoms with E-state index in [1.54, 1.807) is 35.2 Å². The zero-order chi connectivity index (χ0) is 35.5. The predicted molar refractivity (Wildman–Crippen MR) is 189 cm³/mol. The van der Waals surface area contributed by atoms with Crippen LogP contribution in [0.2, 0.25) is 18.1 Å². The molecule has 3 aromatic rings. The molecule has 2 aromatic heterocycles. The van der Waals surface area contributed by atoms with Crippen LogP contribution in [0.25, 0.3) is 11.2 Å². The third kappa shape index (κ3) is 7.60. The number of hydrogen-bond acceptors (Lipinski definition) is 10. The Bertz CT molecular complexity index is 1590. The predicted octanol–water partition coefficient (Wildman–Crippen LogP) is 6.83. The number of hydrogen-bond donors (Lipinski definition) is 1. The van der Waals surface area contributed by atoms with Gasteiger partial charge in [0.05, 0.1) is 18.5 Å². The van der Waals surface area contributed by atoms with Crippen molar-refractivity contribution in [2.75, 3.05) is 25.1 Å². The largest absolute Gasteiger partial charge is 0.455 e. The Morgan fingerprint density at radius 1 is 1.04 bits per heavy atom. The van der Waals surface area contributed by atoms with Crippen LogP contribution in [0.4, 0.5) is 5.82 Å². The third-order valence-electron chi connectivity index (χ3n) is 10.1. The fourth-order valence-corrected chi connectivity index (χ4v) is 7.89. The van der Waals surface area contributed by atoms with Crippen molar-refractivity contribution in [3.63, 3.8) is 0 Å². The van der Waals surface area contributed by atoms with Gasteiger partial charge < -0.3 is 28.7 Å². The fourth-order valence-electron chi connectivity index (χ4n) is 6.23. The molecule has 0 bridgehead atoms. The Morgan fingerprint density at radius 2 is 1.73 bits per heavy atom. The average Bonchev–Trinajstić information content (AvgIpc) is 3.59. The van der Waals surface area contributed by atoms with Gasteiger partial charge in [-0.2, -0.15) is 0 Å². The molecule has 5 rings (SSSR count). The standard InChI is InChI=1S/C36H53N5O7Si/c1-9-11-20-44-22-36(35(18-19-35)48-49(7,8)34(4,5)6)29(45-21-12-10-2)28(46-25(3)42)33(47-36)41-24-39-27-30(37-23-38-31(27)41)40-32(43)26-16-14-13-15-17-26/h13-17,23-24,28-29,33H,9-12,18-22H2,1-8H3,(H,37,38,40,43)/t28-,29?,33+,36+/m0/s1. The highest BCUT2D eigenvalue weighted by atomic mass is 28.4. The summed E-state index contributed by atoms with van der Waals surface area (Å²) in [5.74, 6) is -0.531. The van der Waals surface area contributed by atoms with Gasteiger partial charge in [-0.05, 0) is 55.9 Å². The van der Waals surface area contributed by atoms with E-state index < -0.39 is 43.9 Å². The molecule has 49 heavy (non-hydrogen) atoms. The van der Waals surface area contributed by atoms with Crippen molar-refractivity contribution in [2.24, 2.45) is 0 Å². The molecule has 1 unspecified atom stereocenters. The van der Waals surface area contributed by atoms with Crippen LogP contribution in [0.15, 0.2) is 43.0 Å². The molecule has 2 fully saturated rings. The number of fused-ring (bicyclic) bond motifs is 1. The van der Waals surface area contributed by atoms with Crippen LogP contribution in [0.5, 0.6) is 0 Å². The van der Waals surface area contributed by atoms with E-state index in [1.165, 1.54) is 13.3 Å². The Balaban J connectivity index is 1.61. The summed E-state index contributed by atoms with van der Waals surface area (Å²) in [6.45, 7) is 18.0. The summed E-state index contributed by atoms with van der Waals surface area (Å²) in [5.41, 5.74) is -0.560. The van der Waals surface area contributed by atoms with Gasteiger partial charge >= 0.3 is 5.97 Å². The van der Waals surface area contributed by atoms with Crippen LogP contribution in [0.3, 0.4) is 0 Å². The molecule has 12 nitrogen and oxygen atoms in total. The van der Waals surface area contributed by atoms with Gasteiger partial charge in [0.25, 0.3) is 5.91 Å². The number of benzene rings is 1. The highest BCUT2D eigenvalue weighted by Gasteiger charge is 2.74. The number of nitrogens with one attached hydrogen (secondary N) is 1. The van der Waals surface area contributed by atoms with Gasteiger partial charge in [-0.25, -0.2) is 15.0 Å². The molecule has 4 atom stereocenters. The molecule has 268 valence electrons. The number of aromatic nitrogens is 4.